The van der Waals surface area contributed by atoms with Crippen LogP contribution < -0.4 is 5.73 Å². The zero-order chi connectivity index (χ0) is 13.7. The maximum Gasteiger partial charge on any atom is 0.117 e. The molecule has 1 atom stereocenters. The maximum atomic E-state index is 5.83. The molecule has 0 aliphatic heterocycles. The number of nitrogens with zero attached hydrogens (tertiary/aromatic N) is 2. The first-order valence-corrected chi connectivity index (χ1v) is 7.01. The topological polar surface area (TPSA) is 43.8 Å². The van der Waals surface area contributed by atoms with Crippen LogP contribution in [-0.2, 0) is 20.0 Å². The van der Waals surface area contributed by atoms with E-state index in [2.05, 4.69) is 54.1 Å². The van der Waals surface area contributed by atoms with Crippen LogP contribution in [0.4, 0.5) is 0 Å². The molecule has 3 aromatic rings. The van der Waals surface area contributed by atoms with Gasteiger partial charge < -0.3 is 10.3 Å². The highest BCUT2D eigenvalue weighted by atomic mass is 15.1. The summed E-state index contributed by atoms with van der Waals surface area (Å²) in [5.74, 6) is 1.58. The molecule has 0 spiro atoms. The quantitative estimate of drug-likeness (QED) is 0.772. The van der Waals surface area contributed by atoms with Crippen molar-refractivity contribution in [1.29, 1.82) is 0 Å². The number of imidazole rings is 1. The van der Waals surface area contributed by atoms with Crippen molar-refractivity contribution in [2.45, 2.75) is 18.9 Å². The maximum absolute atomic E-state index is 5.83. The summed E-state index contributed by atoms with van der Waals surface area (Å²) < 4.78 is 2.22. The number of nitrogens with two attached hydrogens (primary N) is 1. The lowest BCUT2D eigenvalue weighted by Gasteiger charge is -2.29. The van der Waals surface area contributed by atoms with Crippen LogP contribution in [0.3, 0.4) is 0 Å². The summed E-state index contributed by atoms with van der Waals surface area (Å²) in [4.78, 5) is 4.89. The molecule has 1 aromatic heterocycles. The van der Waals surface area contributed by atoms with Crippen LogP contribution >= 0.6 is 0 Å². The highest BCUT2D eigenvalue weighted by molar-refractivity contribution is 5.80. The van der Waals surface area contributed by atoms with Crippen LogP contribution in [0.15, 0.2) is 42.5 Å². The first-order chi connectivity index (χ1) is 9.79. The van der Waals surface area contributed by atoms with Gasteiger partial charge in [0.2, 0.25) is 0 Å². The smallest absolute Gasteiger partial charge is 0.117 e. The minimum Gasteiger partial charge on any atom is -0.331 e. The standard InChI is InChI=1S/C17H17N3/c1-20-15-8-4-6-12(10-18)16(15)19-17(20)14-9-11-5-2-3-7-13(11)14/h2-8,14H,9-10,18H2,1H3. The Morgan fingerprint density at radius 1 is 1.20 bits per heavy atom. The van der Waals surface area contributed by atoms with E-state index in [1.165, 1.54) is 16.6 Å². The number of hydrogen-bond donors (Lipinski definition) is 1. The summed E-state index contributed by atoms with van der Waals surface area (Å²) in [6.07, 6.45) is 1.09. The van der Waals surface area contributed by atoms with E-state index < -0.39 is 0 Å². The van der Waals surface area contributed by atoms with Crippen LogP contribution in [-0.4, -0.2) is 9.55 Å². The van der Waals surface area contributed by atoms with Gasteiger partial charge >= 0.3 is 0 Å². The highest BCUT2D eigenvalue weighted by Crippen LogP contribution is 2.40. The summed E-state index contributed by atoms with van der Waals surface area (Å²) in [5.41, 5.74) is 12.0. The van der Waals surface area contributed by atoms with E-state index in [-0.39, 0.29) is 0 Å². The molecule has 1 aliphatic rings. The van der Waals surface area contributed by atoms with Gasteiger partial charge in [-0.05, 0) is 29.2 Å². The number of para-hydroxylation sites is 1. The third-order valence-electron chi connectivity index (χ3n) is 4.42. The molecule has 2 aromatic carbocycles. The van der Waals surface area contributed by atoms with Crippen LogP contribution in [0.25, 0.3) is 11.0 Å². The summed E-state index contributed by atoms with van der Waals surface area (Å²) >= 11 is 0. The fourth-order valence-corrected chi connectivity index (χ4v) is 3.26. The van der Waals surface area contributed by atoms with Gasteiger partial charge in [-0.25, -0.2) is 4.98 Å². The van der Waals surface area contributed by atoms with Gasteiger partial charge in [0.05, 0.1) is 11.0 Å². The van der Waals surface area contributed by atoms with Crippen molar-refractivity contribution in [2.24, 2.45) is 12.8 Å². The monoisotopic (exact) mass is 263 g/mol. The Kier molecular flexibility index (Phi) is 2.44. The molecule has 2 N–H and O–H groups in total. The molecule has 1 heterocycles. The van der Waals surface area contributed by atoms with E-state index in [1.807, 2.05) is 0 Å². The van der Waals surface area contributed by atoms with Gasteiger partial charge in [-0.1, -0.05) is 36.4 Å². The molecular formula is C17H17N3. The second kappa shape index (κ2) is 4.18. The molecule has 0 saturated heterocycles. The van der Waals surface area contributed by atoms with Gasteiger partial charge in [0, 0.05) is 19.5 Å². The Labute approximate surface area is 118 Å². The number of aryl methyl sites for hydroxylation is 1. The summed E-state index contributed by atoms with van der Waals surface area (Å²) in [7, 11) is 2.10. The Hall–Kier alpha value is -2.13. The molecular weight excluding hydrogens is 246 g/mol. The minimum atomic E-state index is 0.425. The zero-order valence-electron chi connectivity index (χ0n) is 11.5. The second-order valence-corrected chi connectivity index (χ2v) is 5.47. The average Bonchev–Trinajstić information content (AvgIpc) is 2.78. The van der Waals surface area contributed by atoms with Crippen LogP contribution in [0.1, 0.15) is 28.4 Å². The summed E-state index contributed by atoms with van der Waals surface area (Å²) in [6.45, 7) is 0.537. The van der Waals surface area contributed by atoms with Crippen molar-refractivity contribution in [3.63, 3.8) is 0 Å². The van der Waals surface area contributed by atoms with Crippen LogP contribution in [0.2, 0.25) is 0 Å². The molecule has 100 valence electrons. The lowest BCUT2D eigenvalue weighted by atomic mass is 9.77. The van der Waals surface area contributed by atoms with Gasteiger partial charge in [-0.2, -0.15) is 0 Å². The van der Waals surface area contributed by atoms with Crippen molar-refractivity contribution >= 4 is 11.0 Å². The van der Waals surface area contributed by atoms with E-state index >= 15 is 0 Å². The van der Waals surface area contributed by atoms with Gasteiger partial charge in [0.25, 0.3) is 0 Å². The fraction of sp³-hybridized carbons (Fsp3) is 0.235. The molecule has 0 radical (unpaired) electrons. The first kappa shape index (κ1) is 11.7. The second-order valence-electron chi connectivity index (χ2n) is 5.47. The molecule has 0 amide bonds. The number of rotatable bonds is 2. The van der Waals surface area contributed by atoms with Gasteiger partial charge in [0.1, 0.15) is 5.82 Å². The normalized spacial score (nSPS) is 17.0. The minimum absolute atomic E-state index is 0.425. The molecule has 1 unspecified atom stereocenters. The number of benzene rings is 2. The van der Waals surface area contributed by atoms with Crippen molar-refractivity contribution in [2.75, 3.05) is 0 Å². The van der Waals surface area contributed by atoms with Crippen molar-refractivity contribution in [3.05, 3.63) is 65.0 Å². The number of fused-ring (bicyclic) bond motifs is 2. The van der Waals surface area contributed by atoms with E-state index in [4.69, 9.17) is 10.7 Å². The SMILES string of the molecule is Cn1c(C2Cc3ccccc32)nc2c(CN)cccc21. The molecule has 20 heavy (non-hydrogen) atoms. The number of hydrogen-bond acceptors (Lipinski definition) is 2. The molecule has 3 nitrogen and oxygen atoms in total. The van der Waals surface area contributed by atoms with Gasteiger partial charge in [-0.15, -0.1) is 0 Å². The molecule has 3 heteroatoms. The average molecular weight is 263 g/mol. The Morgan fingerprint density at radius 2 is 2.05 bits per heavy atom. The lowest BCUT2D eigenvalue weighted by molar-refractivity contribution is 0.634. The fourth-order valence-electron chi connectivity index (χ4n) is 3.26. The van der Waals surface area contributed by atoms with Gasteiger partial charge in [-0.3, -0.25) is 0 Å². The molecule has 4 rings (SSSR count). The van der Waals surface area contributed by atoms with Gasteiger partial charge in [0.15, 0.2) is 0 Å². The van der Waals surface area contributed by atoms with E-state index in [0.29, 0.717) is 12.5 Å². The molecule has 0 bridgehead atoms. The Balaban J connectivity index is 1.88. The van der Waals surface area contributed by atoms with Crippen molar-refractivity contribution < 1.29 is 0 Å². The van der Waals surface area contributed by atoms with E-state index in [9.17, 15) is 0 Å². The largest absolute Gasteiger partial charge is 0.331 e. The van der Waals surface area contributed by atoms with Crippen LogP contribution in [0, 0.1) is 0 Å². The third-order valence-corrected chi connectivity index (χ3v) is 4.42. The number of aromatic nitrogens is 2. The molecule has 0 fully saturated rings. The predicted molar refractivity (Wildman–Crippen MR) is 80.6 cm³/mol. The van der Waals surface area contributed by atoms with E-state index in [0.717, 1.165) is 23.3 Å². The Morgan fingerprint density at radius 3 is 2.85 bits per heavy atom. The zero-order valence-corrected chi connectivity index (χ0v) is 11.5. The van der Waals surface area contributed by atoms with E-state index in [1.54, 1.807) is 0 Å². The molecule has 0 saturated carbocycles. The van der Waals surface area contributed by atoms with Crippen molar-refractivity contribution in [3.8, 4) is 0 Å². The first-order valence-electron chi connectivity index (χ1n) is 7.01. The Bertz CT molecular complexity index is 801. The molecule has 1 aliphatic carbocycles. The predicted octanol–water partition coefficient (Wildman–Crippen LogP) is 2.72. The summed E-state index contributed by atoms with van der Waals surface area (Å²) in [5, 5.41) is 0. The van der Waals surface area contributed by atoms with Crippen LogP contribution in [0.5, 0.6) is 0 Å². The summed E-state index contributed by atoms with van der Waals surface area (Å²) in [6, 6.07) is 14.9. The van der Waals surface area contributed by atoms with Crippen molar-refractivity contribution in [1.82, 2.24) is 9.55 Å². The lowest BCUT2D eigenvalue weighted by Crippen LogP contribution is -2.21. The third kappa shape index (κ3) is 1.47. The highest BCUT2D eigenvalue weighted by Gasteiger charge is 2.30.